The van der Waals surface area contributed by atoms with Crippen LogP contribution in [0.4, 0.5) is 5.69 Å². The van der Waals surface area contributed by atoms with Crippen molar-refractivity contribution in [2.24, 2.45) is 0 Å². The number of nitrogen functional groups attached to an aromatic ring is 1. The predicted molar refractivity (Wildman–Crippen MR) is 55.7 cm³/mol. The van der Waals surface area contributed by atoms with E-state index >= 15 is 0 Å². The summed E-state index contributed by atoms with van der Waals surface area (Å²) >= 11 is 2.99. The smallest absolute Gasteiger partial charge is 0.124 e. The fraction of sp³-hybridized carbons (Fsp3) is 0.250. The molecule has 0 heterocycles. The first kappa shape index (κ1) is 9.74. The van der Waals surface area contributed by atoms with Gasteiger partial charge >= 0.3 is 0 Å². The van der Waals surface area contributed by atoms with Crippen LogP contribution < -0.4 is 5.73 Å². The third-order valence-corrected chi connectivity index (χ3v) is 3.40. The van der Waals surface area contributed by atoms with Crippen molar-refractivity contribution in [2.75, 3.05) is 5.73 Å². The van der Waals surface area contributed by atoms with E-state index in [0.29, 0.717) is 10.6 Å². The highest BCUT2D eigenvalue weighted by Crippen LogP contribution is 2.24. The first-order valence-electron chi connectivity index (χ1n) is 3.47. The Kier molecular flexibility index (Phi) is 2.90. The molecule has 1 atom stereocenters. The van der Waals surface area contributed by atoms with E-state index in [-0.39, 0.29) is 0 Å². The second kappa shape index (κ2) is 3.58. The van der Waals surface area contributed by atoms with Gasteiger partial charge < -0.3 is 5.73 Å². The van der Waals surface area contributed by atoms with E-state index in [1.807, 2.05) is 26.0 Å². The van der Waals surface area contributed by atoms with E-state index in [1.165, 1.54) is 0 Å². The first-order valence-corrected chi connectivity index (χ1v) is 6.46. The van der Waals surface area contributed by atoms with Gasteiger partial charge in [0.25, 0.3) is 0 Å². The van der Waals surface area contributed by atoms with Gasteiger partial charge in [0.2, 0.25) is 0 Å². The van der Waals surface area contributed by atoms with Crippen molar-refractivity contribution < 1.29 is 4.21 Å². The summed E-state index contributed by atoms with van der Waals surface area (Å²) in [5.74, 6) is 0. The molecule has 0 bridgehead atoms. The molecule has 2 N–H and O–H groups in total. The topological polar surface area (TPSA) is 43.1 Å². The Morgan fingerprint density at radius 3 is 2.50 bits per heavy atom. The summed E-state index contributed by atoms with van der Waals surface area (Å²) in [6, 6.07) is 3.80. The summed E-state index contributed by atoms with van der Waals surface area (Å²) in [6.07, 6.45) is 0. The molecule has 0 radical (unpaired) electrons. The second-order valence-corrected chi connectivity index (χ2v) is 5.37. The van der Waals surface area contributed by atoms with E-state index in [1.54, 1.807) is 0 Å². The minimum absolute atomic E-state index is 0.607. The summed E-state index contributed by atoms with van der Waals surface area (Å²) in [5.41, 5.74) is 8.38. The molecule has 0 fully saturated rings. The van der Waals surface area contributed by atoms with Gasteiger partial charge in [0, 0.05) is 14.8 Å². The zero-order valence-corrected chi connectivity index (χ0v) is 9.33. The van der Waals surface area contributed by atoms with E-state index in [9.17, 15) is 4.21 Å². The molecule has 2 nitrogen and oxygen atoms in total. The molecule has 0 saturated carbocycles. The monoisotopic (exact) mass is 247 g/mol. The lowest BCUT2D eigenvalue weighted by Gasteiger charge is -2.05. The Hall–Kier alpha value is -0.350. The Labute approximate surface area is 81.8 Å². The molecule has 0 aliphatic heterocycles. The molecule has 66 valence electrons. The lowest BCUT2D eigenvalue weighted by atomic mass is 10.1. The van der Waals surface area contributed by atoms with E-state index in [4.69, 9.17) is 5.73 Å². The van der Waals surface area contributed by atoms with Crippen LogP contribution in [0.2, 0.25) is 0 Å². The number of benzene rings is 1. The number of anilines is 1. The molecule has 0 aliphatic carbocycles. The van der Waals surface area contributed by atoms with Crippen LogP contribution in [0, 0.1) is 13.8 Å². The summed E-state index contributed by atoms with van der Waals surface area (Å²) in [5, 5.41) is 0. The van der Waals surface area contributed by atoms with E-state index in [0.717, 1.165) is 11.1 Å². The van der Waals surface area contributed by atoms with Crippen LogP contribution in [0.15, 0.2) is 17.0 Å². The molecule has 0 aromatic heterocycles. The Morgan fingerprint density at radius 1 is 1.42 bits per heavy atom. The van der Waals surface area contributed by atoms with Crippen molar-refractivity contribution in [1.82, 2.24) is 0 Å². The van der Waals surface area contributed by atoms with Gasteiger partial charge in [0.05, 0.1) is 10.6 Å². The molecule has 0 saturated heterocycles. The second-order valence-electron chi connectivity index (χ2n) is 2.72. The van der Waals surface area contributed by atoms with Crippen LogP contribution in [-0.4, -0.2) is 4.21 Å². The number of aryl methyl sites for hydroxylation is 2. The first-order chi connectivity index (χ1) is 5.52. The van der Waals surface area contributed by atoms with Gasteiger partial charge in [-0.25, -0.2) is 4.21 Å². The molecule has 12 heavy (non-hydrogen) atoms. The summed E-state index contributed by atoms with van der Waals surface area (Å²) in [6.45, 7) is 3.86. The van der Waals surface area contributed by atoms with Crippen LogP contribution in [0.1, 0.15) is 11.1 Å². The third-order valence-electron chi connectivity index (χ3n) is 1.67. The van der Waals surface area contributed by atoms with Crippen molar-refractivity contribution in [2.45, 2.75) is 18.7 Å². The quantitative estimate of drug-likeness (QED) is 0.612. The summed E-state index contributed by atoms with van der Waals surface area (Å²) < 4.78 is 11.1. The largest absolute Gasteiger partial charge is 0.398 e. The zero-order valence-electron chi connectivity index (χ0n) is 6.93. The highest BCUT2D eigenvalue weighted by molar-refractivity contribution is 9.46. The number of hydrogen-bond donors (Lipinski definition) is 1. The minimum Gasteiger partial charge on any atom is -0.398 e. The van der Waals surface area contributed by atoms with Gasteiger partial charge in [-0.05, 0) is 31.0 Å². The van der Waals surface area contributed by atoms with Crippen LogP contribution >= 0.6 is 14.8 Å². The van der Waals surface area contributed by atoms with Crippen LogP contribution in [0.3, 0.4) is 0 Å². The van der Waals surface area contributed by atoms with Crippen molar-refractivity contribution in [1.29, 1.82) is 0 Å². The van der Waals surface area contributed by atoms with Crippen LogP contribution in [-0.2, 0) is 9.23 Å². The molecule has 0 spiro atoms. The Balaban J connectivity index is 3.37. The SMILES string of the molecule is Cc1cc(C)c(N)c(S(=O)Br)c1. The van der Waals surface area contributed by atoms with Gasteiger partial charge in [-0.1, -0.05) is 6.07 Å². The molecular formula is C8H10BrNOS. The molecule has 1 rings (SSSR count). The van der Waals surface area contributed by atoms with Crippen LogP contribution in [0.25, 0.3) is 0 Å². The fourth-order valence-electron chi connectivity index (χ4n) is 1.07. The van der Waals surface area contributed by atoms with Gasteiger partial charge in [-0.3, -0.25) is 0 Å². The van der Waals surface area contributed by atoms with Crippen molar-refractivity contribution in [3.8, 4) is 0 Å². The molecule has 1 aromatic carbocycles. The highest BCUT2D eigenvalue weighted by atomic mass is 79.9. The standard InChI is InChI=1S/C8H10BrNOS/c1-5-3-6(2)8(10)7(4-5)12(9)11/h3-4H,10H2,1-2H3. The molecule has 0 aliphatic rings. The third kappa shape index (κ3) is 1.87. The predicted octanol–water partition coefficient (Wildman–Crippen LogP) is 2.30. The average molecular weight is 248 g/mol. The van der Waals surface area contributed by atoms with E-state index in [2.05, 4.69) is 14.8 Å². The maximum Gasteiger partial charge on any atom is 0.124 e. The van der Waals surface area contributed by atoms with Gasteiger partial charge in [-0.15, -0.1) is 0 Å². The van der Waals surface area contributed by atoms with Crippen molar-refractivity contribution >= 4 is 29.7 Å². The maximum atomic E-state index is 11.1. The molecule has 1 aromatic rings. The number of rotatable bonds is 1. The van der Waals surface area contributed by atoms with E-state index < -0.39 is 9.23 Å². The maximum absolute atomic E-state index is 11.1. The van der Waals surface area contributed by atoms with Gasteiger partial charge in [-0.2, -0.15) is 0 Å². The Bertz CT molecular complexity index is 338. The lowest BCUT2D eigenvalue weighted by Crippen LogP contribution is -1.97. The molecular weight excluding hydrogens is 238 g/mol. The molecule has 0 amide bonds. The normalized spacial score (nSPS) is 12.9. The molecule has 1 unspecified atom stereocenters. The number of hydrogen-bond acceptors (Lipinski definition) is 2. The fourth-order valence-corrected chi connectivity index (χ4v) is 2.49. The summed E-state index contributed by atoms with van der Waals surface area (Å²) in [4.78, 5) is 0.660. The molecule has 4 heteroatoms. The summed E-state index contributed by atoms with van der Waals surface area (Å²) in [7, 11) is -1.17. The number of nitrogens with two attached hydrogens (primary N) is 1. The Morgan fingerprint density at radius 2 is 2.00 bits per heavy atom. The average Bonchev–Trinajstić information content (AvgIpc) is 1.96. The van der Waals surface area contributed by atoms with Crippen molar-refractivity contribution in [3.63, 3.8) is 0 Å². The highest BCUT2D eigenvalue weighted by Gasteiger charge is 2.07. The van der Waals surface area contributed by atoms with Crippen molar-refractivity contribution in [3.05, 3.63) is 23.3 Å². The number of halogens is 1. The van der Waals surface area contributed by atoms with Crippen LogP contribution in [0.5, 0.6) is 0 Å². The van der Waals surface area contributed by atoms with Gasteiger partial charge in [0.1, 0.15) is 9.23 Å². The minimum atomic E-state index is -1.17. The lowest BCUT2D eigenvalue weighted by molar-refractivity contribution is 0.692. The zero-order chi connectivity index (χ0) is 9.30. The van der Waals surface area contributed by atoms with Gasteiger partial charge in [0.15, 0.2) is 0 Å².